The molecular formula is C11H5BrF2N2O3. The molecule has 19 heavy (non-hydrogen) atoms. The first-order valence-electron chi connectivity index (χ1n) is 4.91. The maximum absolute atomic E-state index is 13.6. The number of nitrogens with zero attached hydrogens (tertiary/aromatic N) is 2. The van der Waals surface area contributed by atoms with Gasteiger partial charge in [0.25, 0.3) is 0 Å². The van der Waals surface area contributed by atoms with Crippen LogP contribution in [0.25, 0.3) is 0 Å². The summed E-state index contributed by atoms with van der Waals surface area (Å²) in [6, 6.07) is 4.28. The molecule has 0 saturated carbocycles. The smallest absolute Gasteiger partial charge is 0.307 e. The van der Waals surface area contributed by atoms with E-state index in [2.05, 4.69) is 20.9 Å². The highest BCUT2D eigenvalue weighted by Gasteiger charge is 2.20. The van der Waals surface area contributed by atoms with Gasteiger partial charge in [0, 0.05) is 12.3 Å². The summed E-state index contributed by atoms with van der Waals surface area (Å²) in [5.74, 6) is -2.70. The number of hydrogen-bond acceptors (Lipinski definition) is 4. The van der Waals surface area contributed by atoms with E-state index in [1.165, 1.54) is 6.20 Å². The Labute approximate surface area is 114 Å². The minimum Gasteiger partial charge on any atom is -0.435 e. The molecule has 8 heteroatoms. The molecule has 0 atom stereocenters. The number of hydrogen-bond donors (Lipinski definition) is 0. The summed E-state index contributed by atoms with van der Waals surface area (Å²) in [5, 5.41) is 10.4. The van der Waals surface area contributed by atoms with E-state index in [0.717, 1.165) is 0 Å². The average molecular weight is 331 g/mol. The Balaban J connectivity index is 2.39. The summed E-state index contributed by atoms with van der Waals surface area (Å²) in [6.07, 6.45) is 1.40. The van der Waals surface area contributed by atoms with E-state index < -0.39 is 28.0 Å². The summed E-state index contributed by atoms with van der Waals surface area (Å²) in [4.78, 5) is 13.2. The summed E-state index contributed by atoms with van der Waals surface area (Å²) >= 11 is 3.12. The zero-order chi connectivity index (χ0) is 14.0. The van der Waals surface area contributed by atoms with Crippen molar-refractivity contribution < 1.29 is 18.4 Å². The highest BCUT2D eigenvalue weighted by Crippen LogP contribution is 2.32. The van der Waals surface area contributed by atoms with Gasteiger partial charge in [0.2, 0.25) is 11.7 Å². The second-order valence-electron chi connectivity index (χ2n) is 3.38. The van der Waals surface area contributed by atoms with Crippen molar-refractivity contribution in [2.75, 3.05) is 0 Å². The van der Waals surface area contributed by atoms with Crippen molar-refractivity contribution in [3.63, 3.8) is 0 Å². The SMILES string of the molecule is O=[N+]([O-])c1cc(F)c(Oc2ncccc2Br)cc1F. The molecule has 0 amide bonds. The number of ether oxygens (including phenoxy) is 1. The number of nitro groups is 1. The first-order chi connectivity index (χ1) is 8.99. The topological polar surface area (TPSA) is 65.3 Å². The minimum atomic E-state index is -1.19. The Morgan fingerprint density at radius 3 is 2.68 bits per heavy atom. The van der Waals surface area contributed by atoms with Crippen molar-refractivity contribution >= 4 is 21.6 Å². The molecule has 0 bridgehead atoms. The Morgan fingerprint density at radius 2 is 2.05 bits per heavy atom. The average Bonchev–Trinajstić information content (AvgIpc) is 2.35. The number of aromatic nitrogens is 1. The molecule has 5 nitrogen and oxygen atoms in total. The molecule has 0 fully saturated rings. The summed E-state index contributed by atoms with van der Waals surface area (Å²) in [6.45, 7) is 0. The Hall–Kier alpha value is -2.09. The van der Waals surface area contributed by atoms with Gasteiger partial charge in [-0.25, -0.2) is 9.37 Å². The maximum Gasteiger partial charge on any atom is 0.307 e. The zero-order valence-corrected chi connectivity index (χ0v) is 10.7. The van der Waals surface area contributed by atoms with Gasteiger partial charge in [0.05, 0.1) is 15.5 Å². The molecule has 0 aliphatic rings. The summed E-state index contributed by atoms with van der Waals surface area (Å²) in [7, 11) is 0. The molecular weight excluding hydrogens is 326 g/mol. The Bertz CT molecular complexity index is 652. The molecule has 0 aliphatic heterocycles. The van der Waals surface area contributed by atoms with Crippen LogP contribution in [-0.4, -0.2) is 9.91 Å². The predicted octanol–water partition coefficient (Wildman–Crippen LogP) is 3.82. The fourth-order valence-corrected chi connectivity index (χ4v) is 1.62. The van der Waals surface area contributed by atoms with Crippen molar-refractivity contribution in [1.29, 1.82) is 0 Å². The Kier molecular flexibility index (Phi) is 3.70. The van der Waals surface area contributed by atoms with Crippen LogP contribution in [0.3, 0.4) is 0 Å². The first-order valence-corrected chi connectivity index (χ1v) is 5.70. The monoisotopic (exact) mass is 330 g/mol. The van der Waals surface area contributed by atoms with Gasteiger partial charge in [-0.3, -0.25) is 10.1 Å². The molecule has 2 rings (SSSR count). The first kappa shape index (κ1) is 13.3. The fourth-order valence-electron chi connectivity index (χ4n) is 1.29. The third-order valence-corrected chi connectivity index (χ3v) is 2.73. The van der Waals surface area contributed by atoms with Crippen molar-refractivity contribution in [3.8, 4) is 11.6 Å². The van der Waals surface area contributed by atoms with Gasteiger partial charge >= 0.3 is 5.69 Å². The molecule has 0 radical (unpaired) electrons. The third kappa shape index (κ3) is 2.84. The Morgan fingerprint density at radius 1 is 1.32 bits per heavy atom. The fraction of sp³-hybridized carbons (Fsp3) is 0. The molecule has 2 aromatic rings. The highest BCUT2D eigenvalue weighted by molar-refractivity contribution is 9.10. The molecule has 0 saturated heterocycles. The summed E-state index contributed by atoms with van der Waals surface area (Å²) in [5.41, 5.74) is -0.954. The molecule has 1 heterocycles. The van der Waals surface area contributed by atoms with Crippen LogP contribution < -0.4 is 4.74 Å². The van der Waals surface area contributed by atoms with Crippen LogP contribution in [0, 0.1) is 21.7 Å². The van der Waals surface area contributed by atoms with E-state index in [9.17, 15) is 18.9 Å². The van der Waals surface area contributed by atoms with E-state index in [1.807, 2.05) is 0 Å². The van der Waals surface area contributed by atoms with E-state index in [1.54, 1.807) is 12.1 Å². The molecule has 0 spiro atoms. The molecule has 1 aromatic carbocycles. The number of pyridine rings is 1. The van der Waals surface area contributed by atoms with Gasteiger partial charge in [-0.2, -0.15) is 4.39 Å². The summed E-state index contributed by atoms with van der Waals surface area (Å²) < 4.78 is 32.4. The third-order valence-electron chi connectivity index (χ3n) is 2.13. The van der Waals surface area contributed by atoms with Crippen LogP contribution in [0.2, 0.25) is 0 Å². The van der Waals surface area contributed by atoms with Crippen molar-refractivity contribution in [1.82, 2.24) is 4.98 Å². The van der Waals surface area contributed by atoms with Gasteiger partial charge in [0.15, 0.2) is 11.6 Å². The van der Waals surface area contributed by atoms with Gasteiger partial charge in [0.1, 0.15) is 0 Å². The lowest BCUT2D eigenvalue weighted by Gasteiger charge is -2.07. The van der Waals surface area contributed by atoms with E-state index >= 15 is 0 Å². The minimum absolute atomic E-state index is 0.0228. The van der Waals surface area contributed by atoms with Crippen LogP contribution >= 0.6 is 15.9 Å². The normalized spacial score (nSPS) is 10.3. The predicted molar refractivity (Wildman–Crippen MR) is 65.0 cm³/mol. The molecule has 1 aromatic heterocycles. The quantitative estimate of drug-likeness (QED) is 0.633. The van der Waals surface area contributed by atoms with Gasteiger partial charge in [-0.15, -0.1) is 0 Å². The number of nitro benzene ring substituents is 1. The second-order valence-corrected chi connectivity index (χ2v) is 4.24. The van der Waals surface area contributed by atoms with Gasteiger partial charge in [-0.05, 0) is 28.1 Å². The van der Waals surface area contributed by atoms with Crippen LogP contribution in [-0.2, 0) is 0 Å². The standard InChI is InChI=1S/C11H5BrF2N2O3/c12-6-2-1-3-15-11(6)19-10-5-7(13)9(16(17)18)4-8(10)14/h1-5H. The largest absolute Gasteiger partial charge is 0.435 e. The number of rotatable bonds is 3. The molecule has 0 unspecified atom stereocenters. The number of halogens is 3. The number of benzene rings is 1. The van der Waals surface area contributed by atoms with Crippen LogP contribution in [0.4, 0.5) is 14.5 Å². The zero-order valence-electron chi connectivity index (χ0n) is 9.14. The van der Waals surface area contributed by atoms with E-state index in [-0.39, 0.29) is 5.88 Å². The molecule has 98 valence electrons. The van der Waals surface area contributed by atoms with Gasteiger partial charge < -0.3 is 4.74 Å². The molecule has 0 N–H and O–H groups in total. The van der Waals surface area contributed by atoms with Crippen molar-refractivity contribution in [2.24, 2.45) is 0 Å². The van der Waals surface area contributed by atoms with E-state index in [4.69, 9.17) is 4.74 Å². The molecule has 0 aliphatic carbocycles. The van der Waals surface area contributed by atoms with Crippen LogP contribution in [0.1, 0.15) is 0 Å². The lowest BCUT2D eigenvalue weighted by molar-refractivity contribution is -0.387. The second kappa shape index (κ2) is 5.27. The van der Waals surface area contributed by atoms with Crippen LogP contribution in [0.5, 0.6) is 11.6 Å². The van der Waals surface area contributed by atoms with Crippen molar-refractivity contribution in [2.45, 2.75) is 0 Å². The van der Waals surface area contributed by atoms with Crippen LogP contribution in [0.15, 0.2) is 34.9 Å². The maximum atomic E-state index is 13.6. The van der Waals surface area contributed by atoms with Crippen molar-refractivity contribution in [3.05, 3.63) is 56.7 Å². The van der Waals surface area contributed by atoms with Gasteiger partial charge in [-0.1, -0.05) is 0 Å². The lowest BCUT2D eigenvalue weighted by Crippen LogP contribution is -1.97. The highest BCUT2D eigenvalue weighted by atomic mass is 79.9. The van der Waals surface area contributed by atoms with E-state index in [0.29, 0.717) is 16.6 Å². The lowest BCUT2D eigenvalue weighted by atomic mass is 10.3.